The van der Waals surface area contributed by atoms with E-state index in [4.69, 9.17) is 16.3 Å². The van der Waals surface area contributed by atoms with Crippen LogP contribution in [0.4, 0.5) is 0 Å². The highest BCUT2D eigenvalue weighted by molar-refractivity contribution is 7.89. The van der Waals surface area contributed by atoms with Crippen molar-refractivity contribution in [2.24, 2.45) is 7.05 Å². The topological polar surface area (TPSA) is 65.4 Å². The Morgan fingerprint density at radius 2 is 1.81 bits per heavy atom. The maximum Gasteiger partial charge on any atom is 0.258 e. The van der Waals surface area contributed by atoms with Crippen LogP contribution in [-0.4, -0.2) is 25.8 Å². The zero-order valence-electron chi connectivity index (χ0n) is 15.3. The lowest BCUT2D eigenvalue weighted by atomic mass is 9.98. The van der Waals surface area contributed by atoms with Crippen LogP contribution in [-0.2, 0) is 22.6 Å². The zero-order chi connectivity index (χ0) is 19.8. The highest BCUT2D eigenvalue weighted by Crippen LogP contribution is 2.36. The van der Waals surface area contributed by atoms with Crippen molar-refractivity contribution in [3.05, 3.63) is 63.5 Å². The van der Waals surface area contributed by atoms with Crippen molar-refractivity contribution >= 4 is 32.2 Å². The smallest absolute Gasteiger partial charge is 0.258 e. The summed E-state index contributed by atoms with van der Waals surface area (Å²) in [6.07, 6.45) is 2.92. The molecule has 0 atom stereocenters. The van der Waals surface area contributed by atoms with Crippen molar-refractivity contribution in [1.29, 1.82) is 0 Å². The minimum atomic E-state index is -3.18. The first-order valence-electron chi connectivity index (χ1n) is 8.42. The van der Waals surface area contributed by atoms with Crippen LogP contribution in [0.2, 0.25) is 5.02 Å². The number of nitrogens with zero attached hydrogens (tertiary/aromatic N) is 1. The lowest BCUT2D eigenvalue weighted by molar-refractivity contribution is 0.341. The number of pyridine rings is 1. The Kier molecular flexibility index (Phi) is 5.31. The number of aryl methyl sites for hydroxylation is 1. The van der Waals surface area contributed by atoms with E-state index in [0.717, 1.165) is 11.1 Å². The van der Waals surface area contributed by atoms with Gasteiger partial charge in [0.1, 0.15) is 5.75 Å². The predicted molar refractivity (Wildman–Crippen MR) is 109 cm³/mol. The number of aromatic nitrogens is 1. The summed E-state index contributed by atoms with van der Waals surface area (Å²) < 4.78 is 30.7. The van der Waals surface area contributed by atoms with E-state index in [1.54, 1.807) is 49.6 Å². The number of fused-ring (bicyclic) bond motifs is 1. The molecule has 0 bridgehead atoms. The third kappa shape index (κ3) is 4.17. The molecule has 142 valence electrons. The van der Waals surface area contributed by atoms with Crippen molar-refractivity contribution in [2.45, 2.75) is 12.7 Å². The molecule has 0 aliphatic heterocycles. The number of hydrogen-bond donors (Lipinski definition) is 0. The molecule has 0 unspecified atom stereocenters. The Morgan fingerprint density at radius 1 is 1.07 bits per heavy atom. The maximum absolute atomic E-state index is 12.5. The van der Waals surface area contributed by atoms with Gasteiger partial charge in [-0.05, 0) is 48.2 Å². The van der Waals surface area contributed by atoms with Crippen LogP contribution in [0, 0.1) is 0 Å². The molecule has 0 radical (unpaired) electrons. The molecule has 0 N–H and O–H groups in total. The molecular weight excluding hydrogens is 386 g/mol. The maximum atomic E-state index is 12.5. The van der Waals surface area contributed by atoms with E-state index in [0.29, 0.717) is 33.7 Å². The van der Waals surface area contributed by atoms with Crippen molar-refractivity contribution in [3.8, 4) is 16.9 Å². The van der Waals surface area contributed by atoms with Crippen molar-refractivity contribution < 1.29 is 13.2 Å². The van der Waals surface area contributed by atoms with E-state index in [-0.39, 0.29) is 11.3 Å². The molecule has 3 aromatic rings. The van der Waals surface area contributed by atoms with E-state index in [9.17, 15) is 13.2 Å². The van der Waals surface area contributed by atoms with Gasteiger partial charge in [0.25, 0.3) is 5.56 Å². The molecule has 1 heterocycles. The van der Waals surface area contributed by atoms with Gasteiger partial charge in [0, 0.05) is 41.0 Å². The van der Waals surface area contributed by atoms with Crippen molar-refractivity contribution in [2.75, 3.05) is 12.9 Å². The van der Waals surface area contributed by atoms with Crippen LogP contribution in [0.15, 0.2) is 47.4 Å². The molecule has 0 spiro atoms. The summed E-state index contributed by atoms with van der Waals surface area (Å²) in [5, 5.41) is 1.75. The van der Waals surface area contributed by atoms with Gasteiger partial charge in [-0.3, -0.25) is 4.79 Å². The third-order valence-electron chi connectivity index (χ3n) is 4.21. The molecule has 27 heavy (non-hydrogen) atoms. The third-order valence-corrected chi connectivity index (χ3v) is 5.30. The van der Waals surface area contributed by atoms with Gasteiger partial charge in [-0.15, -0.1) is 0 Å². The van der Waals surface area contributed by atoms with Crippen LogP contribution < -0.4 is 10.3 Å². The Balaban J connectivity index is 2.34. The van der Waals surface area contributed by atoms with Crippen LogP contribution in [0.3, 0.4) is 0 Å². The molecule has 0 saturated carbocycles. The fraction of sp³-hybridized carbons (Fsp3) is 0.250. The van der Waals surface area contributed by atoms with E-state index in [1.807, 2.05) is 6.92 Å². The predicted octanol–water partition coefficient (Wildman–Crippen LogP) is 3.80. The van der Waals surface area contributed by atoms with Gasteiger partial charge in [-0.1, -0.05) is 17.7 Å². The first-order chi connectivity index (χ1) is 12.7. The number of benzene rings is 2. The van der Waals surface area contributed by atoms with Gasteiger partial charge < -0.3 is 9.30 Å². The van der Waals surface area contributed by atoms with Gasteiger partial charge in [0.2, 0.25) is 0 Å². The molecule has 0 aliphatic rings. The van der Waals surface area contributed by atoms with E-state index in [2.05, 4.69) is 0 Å². The first-order valence-corrected chi connectivity index (χ1v) is 10.9. The summed E-state index contributed by atoms with van der Waals surface area (Å²) in [4.78, 5) is 12.5. The zero-order valence-corrected chi connectivity index (χ0v) is 16.9. The fourth-order valence-corrected chi connectivity index (χ4v) is 4.07. The summed E-state index contributed by atoms with van der Waals surface area (Å²) in [7, 11) is -1.50. The van der Waals surface area contributed by atoms with Gasteiger partial charge in [-0.25, -0.2) is 8.42 Å². The SMILES string of the molecule is CCOc1ccc(CS(C)(=O)=O)cc1-c1cn(C)c(=O)c2ccc(Cl)cc12. The number of rotatable bonds is 5. The lowest BCUT2D eigenvalue weighted by Gasteiger charge is -2.15. The Bertz CT molecular complexity index is 1180. The normalized spacial score (nSPS) is 11.7. The summed E-state index contributed by atoms with van der Waals surface area (Å²) >= 11 is 6.17. The van der Waals surface area contributed by atoms with E-state index < -0.39 is 9.84 Å². The molecule has 2 aromatic carbocycles. The summed E-state index contributed by atoms with van der Waals surface area (Å²) in [5.74, 6) is 0.548. The average Bonchev–Trinajstić information content (AvgIpc) is 2.58. The monoisotopic (exact) mass is 405 g/mol. The highest BCUT2D eigenvalue weighted by Gasteiger charge is 2.16. The van der Waals surface area contributed by atoms with Gasteiger partial charge in [-0.2, -0.15) is 0 Å². The first kappa shape index (κ1) is 19.5. The molecule has 0 amide bonds. The Labute approximate surface area is 163 Å². The number of ether oxygens (including phenoxy) is 1. The summed E-state index contributed by atoms with van der Waals surface area (Å²) in [6, 6.07) is 10.4. The average molecular weight is 406 g/mol. The second-order valence-electron chi connectivity index (χ2n) is 6.48. The Hall–Kier alpha value is -2.31. The molecular formula is C20H20ClNO4S. The molecule has 7 heteroatoms. The minimum absolute atomic E-state index is 0.0726. The summed E-state index contributed by atoms with van der Waals surface area (Å²) in [6.45, 7) is 2.34. The second-order valence-corrected chi connectivity index (χ2v) is 9.06. The number of hydrogen-bond acceptors (Lipinski definition) is 4. The molecule has 3 rings (SSSR count). The van der Waals surface area contributed by atoms with E-state index >= 15 is 0 Å². The van der Waals surface area contributed by atoms with Gasteiger partial charge in [0.15, 0.2) is 9.84 Å². The summed E-state index contributed by atoms with van der Waals surface area (Å²) in [5.41, 5.74) is 2.00. The van der Waals surface area contributed by atoms with Gasteiger partial charge >= 0.3 is 0 Å². The largest absolute Gasteiger partial charge is 0.493 e. The molecule has 5 nitrogen and oxygen atoms in total. The quantitative estimate of drug-likeness (QED) is 0.647. The van der Waals surface area contributed by atoms with Crippen molar-refractivity contribution in [1.82, 2.24) is 4.57 Å². The van der Waals surface area contributed by atoms with Crippen LogP contribution in [0.5, 0.6) is 5.75 Å². The molecule has 0 fully saturated rings. The lowest BCUT2D eigenvalue weighted by Crippen LogP contribution is -2.16. The van der Waals surface area contributed by atoms with Crippen LogP contribution in [0.25, 0.3) is 21.9 Å². The fourth-order valence-electron chi connectivity index (χ4n) is 3.11. The minimum Gasteiger partial charge on any atom is -0.493 e. The number of halogens is 1. The van der Waals surface area contributed by atoms with Crippen LogP contribution in [0.1, 0.15) is 12.5 Å². The van der Waals surface area contributed by atoms with E-state index in [1.165, 1.54) is 10.8 Å². The van der Waals surface area contributed by atoms with Gasteiger partial charge in [0.05, 0.1) is 12.4 Å². The van der Waals surface area contributed by atoms with Crippen molar-refractivity contribution in [3.63, 3.8) is 0 Å². The molecule has 0 saturated heterocycles. The second kappa shape index (κ2) is 7.37. The standard InChI is InChI=1S/C20H20ClNO4S/c1-4-26-19-8-5-13(12-27(3,24)25)9-17(19)18-11-22(2)20(23)15-7-6-14(21)10-16(15)18/h5-11H,4,12H2,1-3H3. The molecule has 0 aliphatic carbocycles. The van der Waals surface area contributed by atoms with Crippen LogP contribution >= 0.6 is 11.6 Å². The highest BCUT2D eigenvalue weighted by atomic mass is 35.5. The molecule has 1 aromatic heterocycles. The Morgan fingerprint density at radius 3 is 2.48 bits per heavy atom. The number of sulfone groups is 1.